The van der Waals surface area contributed by atoms with Crippen LogP contribution in [0.4, 0.5) is 0 Å². The first kappa shape index (κ1) is 11.1. The second kappa shape index (κ2) is 4.63. The van der Waals surface area contributed by atoms with Gasteiger partial charge in [0.2, 0.25) is 0 Å². The number of aliphatic hydroxyl groups excluding tert-OH is 1. The van der Waals surface area contributed by atoms with Crippen LogP contribution in [0.15, 0.2) is 17.8 Å². The highest BCUT2D eigenvalue weighted by atomic mass is 32.1. The van der Waals surface area contributed by atoms with E-state index in [4.69, 9.17) is 4.74 Å². The third-order valence-corrected chi connectivity index (χ3v) is 3.35. The molecule has 86 valence electrons. The van der Waals surface area contributed by atoms with E-state index in [-0.39, 0.29) is 0 Å². The zero-order valence-corrected chi connectivity index (χ0v) is 9.94. The molecule has 0 radical (unpaired) electrons. The fourth-order valence-electron chi connectivity index (χ4n) is 1.39. The van der Waals surface area contributed by atoms with E-state index in [1.54, 1.807) is 11.8 Å². The minimum Gasteiger partial charge on any atom is -0.496 e. The molecule has 16 heavy (non-hydrogen) atoms. The molecule has 0 aliphatic heterocycles. The summed E-state index contributed by atoms with van der Waals surface area (Å²) in [6.45, 7) is 0. The number of ether oxygens (including phenoxy) is 1. The van der Waals surface area contributed by atoms with Crippen molar-refractivity contribution in [3.8, 4) is 5.75 Å². The van der Waals surface area contributed by atoms with Gasteiger partial charge in [-0.15, -0.1) is 11.3 Å². The van der Waals surface area contributed by atoms with Gasteiger partial charge in [-0.25, -0.2) is 4.98 Å². The van der Waals surface area contributed by atoms with Gasteiger partial charge in [0.05, 0.1) is 13.2 Å². The molecule has 0 aliphatic carbocycles. The van der Waals surface area contributed by atoms with Gasteiger partial charge >= 0.3 is 0 Å². The van der Waals surface area contributed by atoms with Crippen LogP contribution in [0.5, 0.6) is 5.75 Å². The van der Waals surface area contributed by atoms with Crippen LogP contribution >= 0.6 is 11.3 Å². The van der Waals surface area contributed by atoms with Gasteiger partial charge in [0.15, 0.2) is 0 Å². The summed E-state index contributed by atoms with van der Waals surface area (Å²) in [6, 6.07) is 1.84. The highest BCUT2D eigenvalue weighted by Crippen LogP contribution is 2.28. The second-order valence-corrected chi connectivity index (χ2v) is 4.35. The maximum atomic E-state index is 10.00. The van der Waals surface area contributed by atoms with Crippen molar-refractivity contribution in [3.05, 3.63) is 28.5 Å². The van der Waals surface area contributed by atoms with Crippen molar-refractivity contribution in [2.75, 3.05) is 7.11 Å². The monoisotopic (exact) mass is 239 g/mol. The molecular formula is C10H13N3O2S. The van der Waals surface area contributed by atoms with E-state index in [0.29, 0.717) is 6.42 Å². The summed E-state index contributed by atoms with van der Waals surface area (Å²) in [5, 5.41) is 15.8. The maximum Gasteiger partial charge on any atom is 0.138 e. The molecule has 2 aromatic heterocycles. The third kappa shape index (κ3) is 2.23. The van der Waals surface area contributed by atoms with Crippen LogP contribution < -0.4 is 4.74 Å². The van der Waals surface area contributed by atoms with Crippen LogP contribution in [-0.4, -0.2) is 27.0 Å². The molecule has 0 spiro atoms. The first-order valence-corrected chi connectivity index (χ1v) is 5.72. The van der Waals surface area contributed by atoms with Gasteiger partial charge in [0.1, 0.15) is 17.9 Å². The highest BCUT2D eigenvalue weighted by Gasteiger charge is 2.14. The van der Waals surface area contributed by atoms with Gasteiger partial charge in [0, 0.05) is 23.7 Å². The Labute approximate surface area is 97.3 Å². The Hall–Kier alpha value is -1.40. The summed E-state index contributed by atoms with van der Waals surface area (Å²) in [5.74, 6) is 1.54. The van der Waals surface area contributed by atoms with Gasteiger partial charge in [-0.3, -0.25) is 4.68 Å². The fourth-order valence-corrected chi connectivity index (χ4v) is 2.24. The summed E-state index contributed by atoms with van der Waals surface area (Å²) < 4.78 is 6.73. The Bertz CT molecular complexity index is 466. The van der Waals surface area contributed by atoms with Gasteiger partial charge in [0.25, 0.3) is 0 Å². The van der Waals surface area contributed by atoms with E-state index in [9.17, 15) is 5.11 Å². The van der Waals surface area contributed by atoms with Crippen molar-refractivity contribution in [1.29, 1.82) is 0 Å². The molecular weight excluding hydrogens is 226 g/mol. The van der Waals surface area contributed by atoms with Crippen LogP contribution in [0.1, 0.15) is 16.8 Å². The number of aromatic nitrogens is 3. The summed E-state index contributed by atoms with van der Waals surface area (Å²) in [7, 11) is 3.42. The van der Waals surface area contributed by atoms with Gasteiger partial charge in [-0.2, -0.15) is 5.10 Å². The molecule has 0 saturated carbocycles. The number of aliphatic hydroxyl groups is 1. The number of thiophene rings is 1. The molecule has 5 nitrogen and oxygen atoms in total. The molecule has 0 saturated heterocycles. The van der Waals surface area contributed by atoms with Crippen molar-refractivity contribution < 1.29 is 9.84 Å². The second-order valence-electron chi connectivity index (χ2n) is 3.41. The Kier molecular flexibility index (Phi) is 3.21. The summed E-state index contributed by atoms with van der Waals surface area (Å²) in [5.41, 5.74) is 0. The standard InChI is InChI=1S/C10H13N3O2S/c1-13-10(11-6-12-13)4-8(14)9-3-7(15-2)5-16-9/h3,5-6,8,14H,4H2,1-2H3. The SMILES string of the molecule is COc1csc(C(O)Cc2ncnn2C)c1. The molecule has 0 fully saturated rings. The zero-order chi connectivity index (χ0) is 11.5. The highest BCUT2D eigenvalue weighted by molar-refractivity contribution is 7.10. The van der Waals surface area contributed by atoms with E-state index in [1.807, 2.05) is 18.5 Å². The molecule has 0 amide bonds. The lowest BCUT2D eigenvalue weighted by atomic mass is 10.2. The van der Waals surface area contributed by atoms with Crippen LogP contribution in [0.25, 0.3) is 0 Å². The molecule has 1 atom stereocenters. The molecule has 0 aromatic carbocycles. The van der Waals surface area contributed by atoms with Crippen molar-refractivity contribution in [3.63, 3.8) is 0 Å². The van der Waals surface area contributed by atoms with Crippen LogP contribution in [0.3, 0.4) is 0 Å². The number of methoxy groups -OCH3 is 1. The quantitative estimate of drug-likeness (QED) is 0.869. The van der Waals surface area contributed by atoms with E-state index in [2.05, 4.69) is 10.1 Å². The van der Waals surface area contributed by atoms with Crippen molar-refractivity contribution >= 4 is 11.3 Å². The third-order valence-electron chi connectivity index (χ3n) is 2.34. The van der Waals surface area contributed by atoms with E-state index >= 15 is 0 Å². The smallest absolute Gasteiger partial charge is 0.138 e. The molecule has 2 aromatic rings. The Morgan fingerprint density at radius 2 is 2.44 bits per heavy atom. The lowest BCUT2D eigenvalue weighted by molar-refractivity contribution is 0.178. The average molecular weight is 239 g/mol. The lowest BCUT2D eigenvalue weighted by Gasteiger charge is -2.06. The van der Waals surface area contributed by atoms with E-state index in [0.717, 1.165) is 16.5 Å². The van der Waals surface area contributed by atoms with Crippen LogP contribution in [0.2, 0.25) is 0 Å². The number of nitrogens with zero attached hydrogens (tertiary/aromatic N) is 3. The predicted molar refractivity (Wildman–Crippen MR) is 60.5 cm³/mol. The number of aryl methyl sites for hydroxylation is 1. The van der Waals surface area contributed by atoms with Crippen LogP contribution in [0, 0.1) is 0 Å². The predicted octanol–water partition coefficient (Wildman–Crippen LogP) is 1.16. The average Bonchev–Trinajstić information content (AvgIpc) is 2.88. The molecule has 2 heterocycles. The Morgan fingerprint density at radius 3 is 3.00 bits per heavy atom. The molecule has 0 aliphatic rings. The number of hydrogen-bond acceptors (Lipinski definition) is 5. The molecule has 1 unspecified atom stereocenters. The van der Waals surface area contributed by atoms with Crippen molar-refractivity contribution in [2.24, 2.45) is 7.05 Å². The largest absolute Gasteiger partial charge is 0.496 e. The minimum atomic E-state index is -0.559. The summed E-state index contributed by atoms with van der Waals surface area (Å²) >= 11 is 1.48. The molecule has 2 rings (SSSR count). The Morgan fingerprint density at radius 1 is 1.62 bits per heavy atom. The Balaban J connectivity index is 2.08. The van der Waals surface area contributed by atoms with Crippen LogP contribution in [-0.2, 0) is 13.5 Å². The van der Waals surface area contributed by atoms with E-state index in [1.165, 1.54) is 17.7 Å². The summed E-state index contributed by atoms with van der Waals surface area (Å²) in [6.07, 6.45) is 1.38. The first-order chi connectivity index (χ1) is 7.70. The van der Waals surface area contributed by atoms with Crippen molar-refractivity contribution in [2.45, 2.75) is 12.5 Å². The fraction of sp³-hybridized carbons (Fsp3) is 0.400. The molecule has 1 N–H and O–H groups in total. The number of rotatable bonds is 4. The normalized spacial score (nSPS) is 12.7. The number of hydrogen-bond donors (Lipinski definition) is 1. The maximum absolute atomic E-state index is 10.00. The minimum absolute atomic E-state index is 0.458. The van der Waals surface area contributed by atoms with Gasteiger partial charge < -0.3 is 9.84 Å². The summed E-state index contributed by atoms with van der Waals surface area (Å²) in [4.78, 5) is 4.95. The molecule has 0 bridgehead atoms. The topological polar surface area (TPSA) is 60.2 Å². The molecule has 6 heteroatoms. The first-order valence-electron chi connectivity index (χ1n) is 4.84. The van der Waals surface area contributed by atoms with Gasteiger partial charge in [-0.1, -0.05) is 0 Å². The van der Waals surface area contributed by atoms with Crippen molar-refractivity contribution in [1.82, 2.24) is 14.8 Å². The lowest BCUT2D eigenvalue weighted by Crippen LogP contribution is -2.06. The van der Waals surface area contributed by atoms with E-state index < -0.39 is 6.10 Å². The van der Waals surface area contributed by atoms with Gasteiger partial charge in [-0.05, 0) is 6.07 Å². The zero-order valence-electron chi connectivity index (χ0n) is 9.12.